The van der Waals surface area contributed by atoms with E-state index >= 15 is 0 Å². The molecule has 0 bridgehead atoms. The van der Waals surface area contributed by atoms with Gasteiger partial charge in [0.25, 0.3) is 0 Å². The third-order valence-corrected chi connectivity index (χ3v) is 15.6. The van der Waals surface area contributed by atoms with E-state index in [1.165, 1.54) is 32.3 Å². The van der Waals surface area contributed by atoms with E-state index in [1.807, 2.05) is 12.1 Å². The predicted octanol–water partition coefficient (Wildman–Crippen LogP) is 21.6. The third-order valence-electron chi connectivity index (χ3n) is 14.3. The van der Waals surface area contributed by atoms with Gasteiger partial charge in [0.2, 0.25) is 0 Å². The molecule has 9 aromatic carbocycles. The number of hydrogen-bond donors (Lipinski definition) is 0. The van der Waals surface area contributed by atoms with Crippen LogP contribution in [-0.2, 0) is 10.8 Å². The van der Waals surface area contributed by atoms with Crippen molar-refractivity contribution < 1.29 is 4.42 Å². The number of benzene rings is 9. The van der Waals surface area contributed by atoms with Gasteiger partial charge in [0.05, 0.1) is 33.5 Å². The Hall–Kier alpha value is -7.83. The van der Waals surface area contributed by atoms with Crippen molar-refractivity contribution in [2.24, 2.45) is 0 Å². The summed E-state index contributed by atoms with van der Waals surface area (Å²) in [7, 11) is 0. The summed E-state index contributed by atoms with van der Waals surface area (Å²) in [5, 5.41) is 5.20. The lowest BCUT2D eigenvalue weighted by Crippen LogP contribution is -2.18. The maximum Gasteiger partial charge on any atom is 0.135 e. The van der Waals surface area contributed by atoms with E-state index in [0.717, 1.165) is 90.2 Å². The van der Waals surface area contributed by atoms with Crippen molar-refractivity contribution in [2.75, 3.05) is 14.7 Å². The summed E-state index contributed by atoms with van der Waals surface area (Å²) in [5.74, 6) is 0.808. The molecule has 0 fully saturated rings. The Morgan fingerprint density at radius 2 is 1.01 bits per heavy atom. The summed E-state index contributed by atoms with van der Waals surface area (Å²) in [6.07, 6.45) is 0. The topological polar surface area (TPSA) is 22.9 Å². The lowest BCUT2D eigenvalue weighted by molar-refractivity contribution is 0.589. The van der Waals surface area contributed by atoms with Crippen molar-refractivity contribution in [3.05, 3.63) is 244 Å². The van der Waals surface area contributed by atoms with Crippen LogP contribution in [0.2, 0.25) is 5.02 Å². The van der Waals surface area contributed by atoms with E-state index in [0.29, 0.717) is 5.02 Å². The van der Waals surface area contributed by atoms with Crippen molar-refractivity contribution in [3.8, 4) is 22.5 Å². The van der Waals surface area contributed by atoms with Crippen LogP contribution in [0, 0.1) is 20.8 Å². The van der Waals surface area contributed by atoms with Crippen molar-refractivity contribution in [1.29, 1.82) is 0 Å². The van der Waals surface area contributed by atoms with E-state index in [4.69, 9.17) is 16.0 Å². The number of fused-ring (bicyclic) bond motifs is 2. The molecular weight excluding hydrogens is 954 g/mol. The molecule has 4 nitrogen and oxygen atoms in total. The van der Waals surface area contributed by atoms with Gasteiger partial charge in [0, 0.05) is 54.7 Å². The minimum atomic E-state index is -0.0470. The molecule has 75 heavy (non-hydrogen) atoms. The zero-order valence-corrected chi connectivity index (χ0v) is 45.8. The van der Waals surface area contributed by atoms with Crippen LogP contribution in [0.3, 0.4) is 0 Å². The Labute approximate surface area is 451 Å². The highest BCUT2D eigenvalue weighted by molar-refractivity contribution is 7.17. The molecule has 0 atom stereocenters. The van der Waals surface area contributed by atoms with Crippen LogP contribution < -0.4 is 14.7 Å². The number of nitrogens with zero attached hydrogens (tertiary/aromatic N) is 3. The van der Waals surface area contributed by atoms with Gasteiger partial charge in [-0.3, -0.25) is 0 Å². The van der Waals surface area contributed by atoms with Crippen LogP contribution >= 0.6 is 22.9 Å². The van der Waals surface area contributed by atoms with Gasteiger partial charge >= 0.3 is 0 Å². The molecule has 6 heteroatoms. The second-order valence-corrected chi connectivity index (χ2v) is 23.1. The van der Waals surface area contributed by atoms with Gasteiger partial charge in [0.1, 0.15) is 11.3 Å². The van der Waals surface area contributed by atoms with E-state index in [-0.39, 0.29) is 10.8 Å². The number of aryl methyl sites for hydroxylation is 3. The standard InChI is InChI=1S/C69H62ClN3OS/c1-45-36-60(66(70)61(37-45)73(67-46(2)38-52(39-47(67)3)69(7,8)9)62-44-75-65-35-33-51(42-58(62)65)68(4,5)6)72(56-30-21-29-55(43-56)71(53-25-15-11-16-26-53)54-27-17-12-18-28-54)59-34-32-50(40-57(59)48-22-13-10-14-23-48)64-41-49-24-19-20-31-63(49)74-64/h10-44H,1-9H3. The average Bonchev–Trinajstić information content (AvgIpc) is 4.05. The molecule has 0 radical (unpaired) electrons. The lowest BCUT2D eigenvalue weighted by atomic mass is 9.84. The fourth-order valence-electron chi connectivity index (χ4n) is 10.5. The maximum atomic E-state index is 8.36. The van der Waals surface area contributed by atoms with Crippen molar-refractivity contribution in [2.45, 2.75) is 73.1 Å². The van der Waals surface area contributed by atoms with Crippen molar-refractivity contribution >= 4 is 95.2 Å². The number of hydrogen-bond acceptors (Lipinski definition) is 5. The monoisotopic (exact) mass is 1020 g/mol. The van der Waals surface area contributed by atoms with Gasteiger partial charge in [-0.15, -0.1) is 11.3 Å². The van der Waals surface area contributed by atoms with Crippen LogP contribution in [0.1, 0.15) is 69.4 Å². The van der Waals surface area contributed by atoms with Gasteiger partial charge in [-0.1, -0.05) is 162 Å². The molecule has 0 unspecified atom stereocenters. The number of anilines is 9. The van der Waals surface area contributed by atoms with Crippen molar-refractivity contribution in [3.63, 3.8) is 0 Å². The minimum absolute atomic E-state index is 0.0359. The highest BCUT2D eigenvalue weighted by Gasteiger charge is 2.30. The van der Waals surface area contributed by atoms with Gasteiger partial charge in [-0.2, -0.15) is 0 Å². The molecular formula is C69H62ClN3OS. The molecule has 372 valence electrons. The first kappa shape index (κ1) is 49.4. The number of para-hydroxylation sites is 3. The fourth-order valence-corrected chi connectivity index (χ4v) is 11.6. The zero-order chi connectivity index (χ0) is 52.2. The molecule has 2 heterocycles. The Morgan fingerprint density at radius 3 is 1.64 bits per heavy atom. The Bertz CT molecular complexity index is 3770. The van der Waals surface area contributed by atoms with Crippen molar-refractivity contribution in [1.82, 2.24) is 0 Å². The maximum absolute atomic E-state index is 8.36. The second-order valence-electron chi connectivity index (χ2n) is 21.9. The van der Waals surface area contributed by atoms with E-state index in [2.05, 4.69) is 277 Å². The van der Waals surface area contributed by atoms with Crippen LogP contribution in [0.4, 0.5) is 51.2 Å². The SMILES string of the molecule is Cc1cc(N(c2cccc(N(c3ccccc3)c3ccccc3)c2)c2ccc(-c3cc4ccccc4o3)cc2-c2ccccc2)c(Cl)c(N(c2c(C)cc(C(C)(C)C)cc2C)c2csc3ccc(C(C)(C)C)cc23)c1. The summed E-state index contributed by atoms with van der Waals surface area (Å²) in [6, 6.07) is 73.9. The van der Waals surface area contributed by atoms with Crippen LogP contribution in [-0.4, -0.2) is 0 Å². The van der Waals surface area contributed by atoms with E-state index < -0.39 is 0 Å². The third kappa shape index (κ3) is 9.63. The molecule has 0 aliphatic carbocycles. The number of furan rings is 1. The van der Waals surface area contributed by atoms with Gasteiger partial charge in [-0.25, -0.2) is 0 Å². The first-order valence-electron chi connectivity index (χ1n) is 25.8. The molecule has 11 rings (SSSR count). The summed E-state index contributed by atoms with van der Waals surface area (Å²) in [4.78, 5) is 7.13. The quantitative estimate of drug-likeness (QED) is 0.129. The van der Waals surface area contributed by atoms with E-state index in [9.17, 15) is 0 Å². The summed E-state index contributed by atoms with van der Waals surface area (Å²) >= 11 is 10.1. The van der Waals surface area contributed by atoms with Gasteiger partial charge < -0.3 is 19.1 Å². The zero-order valence-electron chi connectivity index (χ0n) is 44.2. The Morgan fingerprint density at radius 1 is 0.440 bits per heavy atom. The van der Waals surface area contributed by atoms with E-state index in [1.54, 1.807) is 11.3 Å². The minimum Gasteiger partial charge on any atom is -0.456 e. The van der Waals surface area contributed by atoms with Crippen LogP contribution in [0.25, 0.3) is 43.5 Å². The number of thiophene rings is 1. The average molecular weight is 1020 g/mol. The predicted molar refractivity (Wildman–Crippen MR) is 323 cm³/mol. The second kappa shape index (κ2) is 19.8. The Balaban J connectivity index is 1.20. The van der Waals surface area contributed by atoms with Gasteiger partial charge in [-0.05, 0) is 162 Å². The smallest absolute Gasteiger partial charge is 0.135 e. The number of halogens is 1. The fraction of sp³-hybridized carbons (Fsp3) is 0.159. The summed E-state index contributed by atoms with van der Waals surface area (Å²) in [5.41, 5.74) is 18.9. The molecule has 0 spiro atoms. The van der Waals surface area contributed by atoms with Gasteiger partial charge in [0.15, 0.2) is 0 Å². The molecule has 0 amide bonds. The first-order chi connectivity index (χ1) is 36.1. The van der Waals surface area contributed by atoms with Crippen LogP contribution in [0.15, 0.2) is 216 Å². The Kier molecular flexibility index (Phi) is 13.0. The summed E-state index contributed by atoms with van der Waals surface area (Å²) < 4.78 is 7.78. The highest BCUT2D eigenvalue weighted by atomic mass is 35.5. The highest BCUT2D eigenvalue weighted by Crippen LogP contribution is 2.53. The number of rotatable bonds is 11. The summed E-state index contributed by atoms with van der Waals surface area (Å²) in [6.45, 7) is 20.4. The molecule has 0 saturated heterocycles. The molecule has 2 aromatic heterocycles. The largest absolute Gasteiger partial charge is 0.456 e. The lowest BCUT2D eigenvalue weighted by Gasteiger charge is -2.34. The first-order valence-corrected chi connectivity index (χ1v) is 27.1. The molecule has 11 aromatic rings. The normalized spacial score (nSPS) is 11.9. The molecule has 0 aliphatic heterocycles. The molecule has 0 saturated carbocycles. The molecule has 0 N–H and O–H groups in total. The molecule has 0 aliphatic rings. The van der Waals surface area contributed by atoms with Crippen LogP contribution in [0.5, 0.6) is 0 Å².